The third kappa shape index (κ3) is 3.98. The van der Waals surface area contributed by atoms with Gasteiger partial charge in [-0.3, -0.25) is 0 Å². The number of benzene rings is 2. The number of ether oxygens (including phenoxy) is 2. The zero-order valence-electron chi connectivity index (χ0n) is 21.2. The molecule has 0 saturated carbocycles. The van der Waals surface area contributed by atoms with E-state index in [1.54, 1.807) is 7.11 Å². The maximum absolute atomic E-state index is 10.2. The second kappa shape index (κ2) is 9.80. The molecule has 182 valence electrons. The first-order valence-corrected chi connectivity index (χ1v) is 12.1. The lowest BCUT2D eigenvalue weighted by atomic mass is 9.57. The molecule has 6 heteroatoms. The van der Waals surface area contributed by atoms with Crippen molar-refractivity contribution in [3.8, 4) is 29.7 Å². The number of fused-ring (bicyclic) bond motifs is 1. The summed E-state index contributed by atoms with van der Waals surface area (Å²) in [5, 5.41) is 30.3. The Hall–Kier alpha value is -4.21. The smallest absolute Gasteiger partial charge is 0.191 e. The monoisotopic (exact) mass is 478 g/mol. The summed E-state index contributed by atoms with van der Waals surface area (Å²) in [7, 11) is 1.57. The zero-order valence-corrected chi connectivity index (χ0v) is 21.2. The molecule has 0 aromatic heterocycles. The lowest BCUT2D eigenvalue weighted by Crippen LogP contribution is -2.42. The van der Waals surface area contributed by atoms with Gasteiger partial charge < -0.3 is 15.2 Å². The molecule has 0 spiro atoms. The van der Waals surface area contributed by atoms with Crippen molar-refractivity contribution >= 4 is 0 Å². The highest BCUT2D eigenvalue weighted by Gasteiger charge is 2.53. The minimum absolute atomic E-state index is 0.0361. The lowest BCUT2D eigenvalue weighted by molar-refractivity contribution is 0.281. The molecule has 0 heterocycles. The van der Waals surface area contributed by atoms with Gasteiger partial charge in [0.25, 0.3) is 0 Å². The fourth-order valence-electron chi connectivity index (χ4n) is 5.83. The first kappa shape index (κ1) is 24.9. The largest absolute Gasteiger partial charge is 0.493 e. The topological polar surface area (TPSA) is 116 Å². The first-order valence-electron chi connectivity index (χ1n) is 12.1. The van der Waals surface area contributed by atoms with Crippen LogP contribution in [0.15, 0.2) is 53.3 Å². The van der Waals surface area contributed by atoms with Crippen LogP contribution in [-0.4, -0.2) is 7.11 Å². The van der Waals surface area contributed by atoms with Crippen molar-refractivity contribution in [3.05, 3.63) is 81.1 Å². The van der Waals surface area contributed by atoms with E-state index in [2.05, 4.69) is 51.1 Å². The number of allylic oxidation sites excluding steroid dienone is 4. The minimum atomic E-state index is -1.64. The van der Waals surface area contributed by atoms with Gasteiger partial charge in [0.05, 0.1) is 30.5 Å². The maximum Gasteiger partial charge on any atom is 0.191 e. The molecule has 2 aromatic carbocycles. The molecular formula is C30H30N4O2. The first-order chi connectivity index (χ1) is 17.3. The van der Waals surface area contributed by atoms with Crippen molar-refractivity contribution in [2.75, 3.05) is 7.11 Å². The molecule has 36 heavy (non-hydrogen) atoms. The molecule has 0 bridgehead atoms. The second-order valence-corrected chi connectivity index (χ2v) is 9.68. The molecular weight excluding hydrogens is 448 g/mol. The fraction of sp³-hybridized carbons (Fsp3) is 0.367. The van der Waals surface area contributed by atoms with Crippen LogP contribution in [0, 0.1) is 66.1 Å². The molecule has 0 fully saturated rings. The second-order valence-electron chi connectivity index (χ2n) is 9.68. The number of nitriles is 3. The quantitative estimate of drug-likeness (QED) is 0.581. The molecule has 2 aliphatic carbocycles. The molecule has 0 amide bonds. The standard InChI is InChI=1S/C30H30N4O2/c1-18-11-19(2)25(20(3)12-18)15-36-26-10-9-21(13-27(26)35-4)28-23-8-6-5-7-22(23)24(14-31)29(34)30(28,16-32)17-33/h7,9-13,23,28H,5-6,8,15,34H2,1-4H3/t23-,28+/m0/s1. The highest BCUT2D eigenvalue weighted by atomic mass is 16.5. The Bertz CT molecular complexity index is 1360. The Morgan fingerprint density at radius 1 is 1.03 bits per heavy atom. The zero-order chi connectivity index (χ0) is 26.0. The van der Waals surface area contributed by atoms with Gasteiger partial charge in [0.15, 0.2) is 16.9 Å². The van der Waals surface area contributed by atoms with Crippen molar-refractivity contribution in [2.45, 2.75) is 52.6 Å². The van der Waals surface area contributed by atoms with E-state index in [-0.39, 0.29) is 17.2 Å². The van der Waals surface area contributed by atoms with Crippen LogP contribution in [0.1, 0.15) is 53.0 Å². The molecule has 6 nitrogen and oxygen atoms in total. The van der Waals surface area contributed by atoms with Crippen LogP contribution in [-0.2, 0) is 6.61 Å². The summed E-state index contributed by atoms with van der Waals surface area (Å²) in [6.45, 7) is 6.63. The van der Waals surface area contributed by atoms with E-state index in [9.17, 15) is 15.8 Å². The number of hydrogen-bond acceptors (Lipinski definition) is 6. The molecule has 2 N–H and O–H groups in total. The van der Waals surface area contributed by atoms with E-state index in [0.717, 1.165) is 36.0 Å². The molecule has 2 aliphatic rings. The Balaban J connectivity index is 1.76. The number of aryl methyl sites for hydroxylation is 3. The fourth-order valence-corrected chi connectivity index (χ4v) is 5.83. The third-order valence-electron chi connectivity index (χ3n) is 7.56. The van der Waals surface area contributed by atoms with E-state index in [0.29, 0.717) is 18.1 Å². The van der Waals surface area contributed by atoms with Gasteiger partial charge in [0, 0.05) is 5.92 Å². The summed E-state index contributed by atoms with van der Waals surface area (Å²) in [5.74, 6) is 0.418. The van der Waals surface area contributed by atoms with Crippen LogP contribution in [0.3, 0.4) is 0 Å². The summed E-state index contributed by atoms with van der Waals surface area (Å²) < 4.78 is 11.9. The van der Waals surface area contributed by atoms with E-state index in [4.69, 9.17) is 15.2 Å². The lowest BCUT2D eigenvalue weighted by Gasteiger charge is -2.43. The van der Waals surface area contributed by atoms with Gasteiger partial charge in [-0.1, -0.05) is 29.8 Å². The summed E-state index contributed by atoms with van der Waals surface area (Å²) in [6.07, 6.45) is 4.57. The van der Waals surface area contributed by atoms with Crippen LogP contribution >= 0.6 is 0 Å². The van der Waals surface area contributed by atoms with Gasteiger partial charge in [-0.2, -0.15) is 15.8 Å². The third-order valence-corrected chi connectivity index (χ3v) is 7.56. The molecule has 4 rings (SSSR count). The molecule has 0 saturated heterocycles. The Labute approximate surface area is 212 Å². The van der Waals surface area contributed by atoms with Crippen molar-refractivity contribution in [1.82, 2.24) is 0 Å². The molecule has 0 aliphatic heterocycles. The molecule has 0 unspecified atom stereocenters. The van der Waals surface area contributed by atoms with Crippen LogP contribution in [0.2, 0.25) is 0 Å². The normalized spacial score (nSPS) is 20.3. The maximum atomic E-state index is 10.2. The number of nitrogens with zero attached hydrogens (tertiary/aromatic N) is 3. The summed E-state index contributed by atoms with van der Waals surface area (Å²) >= 11 is 0. The van der Waals surface area contributed by atoms with Gasteiger partial charge >= 0.3 is 0 Å². The highest BCUT2D eigenvalue weighted by molar-refractivity contribution is 5.60. The van der Waals surface area contributed by atoms with Crippen LogP contribution in [0.4, 0.5) is 0 Å². The molecule has 2 aromatic rings. The van der Waals surface area contributed by atoms with Gasteiger partial charge in [-0.15, -0.1) is 0 Å². The summed E-state index contributed by atoms with van der Waals surface area (Å²) in [6, 6.07) is 16.4. The van der Waals surface area contributed by atoms with Crippen LogP contribution in [0.5, 0.6) is 11.5 Å². The van der Waals surface area contributed by atoms with Crippen molar-refractivity contribution in [1.29, 1.82) is 15.8 Å². The van der Waals surface area contributed by atoms with E-state index < -0.39 is 11.3 Å². The van der Waals surface area contributed by atoms with Gasteiger partial charge in [-0.25, -0.2) is 0 Å². The number of hydrogen-bond donors (Lipinski definition) is 1. The molecule has 0 radical (unpaired) electrons. The van der Waals surface area contributed by atoms with E-state index in [1.807, 2.05) is 24.3 Å². The van der Waals surface area contributed by atoms with Crippen LogP contribution < -0.4 is 15.2 Å². The average Bonchev–Trinajstić information content (AvgIpc) is 2.87. The van der Waals surface area contributed by atoms with Crippen molar-refractivity contribution in [3.63, 3.8) is 0 Å². The highest BCUT2D eigenvalue weighted by Crippen LogP contribution is 2.56. The number of methoxy groups -OCH3 is 1. The van der Waals surface area contributed by atoms with E-state index >= 15 is 0 Å². The Morgan fingerprint density at radius 3 is 2.33 bits per heavy atom. The van der Waals surface area contributed by atoms with Gasteiger partial charge in [0.1, 0.15) is 12.7 Å². The average molecular weight is 479 g/mol. The Kier molecular flexibility index (Phi) is 6.78. The predicted octanol–water partition coefficient (Wildman–Crippen LogP) is 5.79. The molecule has 2 atom stereocenters. The van der Waals surface area contributed by atoms with Crippen LogP contribution in [0.25, 0.3) is 0 Å². The number of rotatable bonds is 5. The minimum Gasteiger partial charge on any atom is -0.493 e. The summed E-state index contributed by atoms with van der Waals surface area (Å²) in [5.41, 5.74) is 11.4. The van der Waals surface area contributed by atoms with Crippen molar-refractivity contribution in [2.24, 2.45) is 17.1 Å². The SMILES string of the molecule is COc1cc([C@@H]2[C@H]3CCCC=C3C(C#N)=C(N)C2(C#N)C#N)ccc1OCc1c(C)cc(C)cc1C. The van der Waals surface area contributed by atoms with Gasteiger partial charge in [0.2, 0.25) is 0 Å². The van der Waals surface area contributed by atoms with Gasteiger partial charge in [-0.05, 0) is 85.9 Å². The predicted molar refractivity (Wildman–Crippen MR) is 137 cm³/mol. The Morgan fingerprint density at radius 2 is 1.72 bits per heavy atom. The van der Waals surface area contributed by atoms with E-state index in [1.165, 1.54) is 16.7 Å². The summed E-state index contributed by atoms with van der Waals surface area (Å²) in [4.78, 5) is 0. The van der Waals surface area contributed by atoms with Crippen molar-refractivity contribution < 1.29 is 9.47 Å². The number of nitrogens with two attached hydrogens (primary N) is 1.